The Labute approximate surface area is 184 Å². The Morgan fingerprint density at radius 3 is 2.47 bits per heavy atom. The third kappa shape index (κ3) is 3.42. The van der Waals surface area contributed by atoms with Crippen LogP contribution in [-0.4, -0.2) is 22.1 Å². The molecule has 4 aliphatic rings. The maximum Gasteiger partial charge on any atom is 0.129 e. The van der Waals surface area contributed by atoms with E-state index in [0.29, 0.717) is 23.7 Å². The van der Waals surface area contributed by atoms with Gasteiger partial charge in [0.05, 0.1) is 6.10 Å². The fourth-order valence-corrected chi connectivity index (χ4v) is 8.79. The van der Waals surface area contributed by atoms with Gasteiger partial charge in [-0.3, -0.25) is 5.26 Å². The van der Waals surface area contributed by atoms with Crippen molar-refractivity contribution in [2.45, 2.75) is 111 Å². The zero-order valence-corrected chi connectivity index (χ0v) is 20.1. The summed E-state index contributed by atoms with van der Waals surface area (Å²) in [6.45, 7) is 12.1. The van der Waals surface area contributed by atoms with E-state index >= 15 is 0 Å². The molecule has 0 radical (unpaired) electrons. The minimum atomic E-state index is -0.707. The molecule has 3 fully saturated rings. The number of rotatable bonds is 6. The molecular weight excluding hydrogens is 372 g/mol. The van der Waals surface area contributed by atoms with Crippen LogP contribution in [0.15, 0.2) is 12.2 Å². The maximum absolute atomic E-state index is 10.3. The Balaban J connectivity index is 1.55. The molecule has 0 amide bonds. The minimum Gasteiger partial charge on any atom is -0.393 e. The van der Waals surface area contributed by atoms with Gasteiger partial charge in [-0.25, -0.2) is 4.89 Å². The topological polar surface area (TPSA) is 49.7 Å². The fourth-order valence-electron chi connectivity index (χ4n) is 8.79. The van der Waals surface area contributed by atoms with Gasteiger partial charge in [-0.05, 0) is 79.4 Å². The van der Waals surface area contributed by atoms with Gasteiger partial charge < -0.3 is 5.11 Å². The van der Waals surface area contributed by atoms with Crippen LogP contribution in [0.25, 0.3) is 0 Å². The standard InChI is InChI=1S/C27H46O3/c1-18(2)7-6-8-19(3)22-9-10-23-21-12-16-27(30-29)17-20(28)11-15-26(27,5)24(21)13-14-25(22,23)4/h12,16,18-24,28-29H,6-11,13-15,17H2,1-5H3/t19-,20?,21+,22-,23+,24+,25-,26-,27?/m1/s1. The molecule has 30 heavy (non-hydrogen) atoms. The summed E-state index contributed by atoms with van der Waals surface area (Å²) < 4.78 is 0. The lowest BCUT2D eigenvalue weighted by Crippen LogP contribution is -2.61. The lowest BCUT2D eigenvalue weighted by Gasteiger charge is -2.62. The van der Waals surface area contributed by atoms with Crippen LogP contribution in [0.2, 0.25) is 0 Å². The van der Waals surface area contributed by atoms with Crippen molar-refractivity contribution in [2.24, 2.45) is 46.3 Å². The first-order valence-electron chi connectivity index (χ1n) is 12.9. The van der Waals surface area contributed by atoms with E-state index in [1.165, 1.54) is 44.9 Å². The van der Waals surface area contributed by atoms with E-state index in [1.807, 2.05) is 0 Å². The van der Waals surface area contributed by atoms with Crippen molar-refractivity contribution >= 4 is 0 Å². The zero-order valence-electron chi connectivity index (χ0n) is 20.1. The molecule has 0 aromatic rings. The molecule has 0 spiro atoms. The van der Waals surface area contributed by atoms with E-state index in [0.717, 1.165) is 36.5 Å². The molecule has 4 rings (SSSR count). The molecule has 3 saturated carbocycles. The first-order valence-corrected chi connectivity index (χ1v) is 12.9. The summed E-state index contributed by atoms with van der Waals surface area (Å²) in [5.41, 5.74) is -0.336. The first kappa shape index (κ1) is 22.8. The summed E-state index contributed by atoms with van der Waals surface area (Å²) in [5, 5.41) is 20.3. The fraction of sp³-hybridized carbons (Fsp3) is 0.926. The lowest BCUT2D eigenvalue weighted by molar-refractivity contribution is -0.361. The van der Waals surface area contributed by atoms with Crippen LogP contribution >= 0.6 is 0 Å². The minimum absolute atomic E-state index is 0.0807. The van der Waals surface area contributed by atoms with Gasteiger partial charge in [-0.2, -0.15) is 0 Å². The van der Waals surface area contributed by atoms with E-state index < -0.39 is 5.60 Å². The van der Waals surface area contributed by atoms with E-state index in [1.54, 1.807) is 0 Å². The highest BCUT2D eigenvalue weighted by atomic mass is 17.1. The molecule has 4 aliphatic carbocycles. The predicted octanol–water partition coefficient (Wildman–Crippen LogP) is 6.86. The molecule has 2 N–H and O–H groups in total. The Kier molecular flexibility index (Phi) is 6.23. The van der Waals surface area contributed by atoms with E-state index in [9.17, 15) is 10.4 Å². The zero-order chi connectivity index (χ0) is 21.7. The van der Waals surface area contributed by atoms with Crippen LogP contribution in [-0.2, 0) is 4.89 Å². The summed E-state index contributed by atoms with van der Waals surface area (Å²) in [6, 6.07) is 0. The molecule has 0 aliphatic heterocycles. The summed E-state index contributed by atoms with van der Waals surface area (Å²) in [7, 11) is 0. The van der Waals surface area contributed by atoms with Gasteiger partial charge >= 0.3 is 0 Å². The summed E-state index contributed by atoms with van der Waals surface area (Å²) in [6.07, 6.45) is 15.9. The van der Waals surface area contributed by atoms with Crippen LogP contribution in [0, 0.1) is 46.3 Å². The summed E-state index contributed by atoms with van der Waals surface area (Å²) in [5.74, 6) is 4.39. The van der Waals surface area contributed by atoms with Gasteiger partial charge in [0.2, 0.25) is 0 Å². The van der Waals surface area contributed by atoms with E-state index in [2.05, 4.69) is 46.8 Å². The second-order valence-corrected chi connectivity index (χ2v) is 12.5. The van der Waals surface area contributed by atoms with Gasteiger partial charge in [-0.15, -0.1) is 0 Å². The molecule has 0 aromatic heterocycles. The quantitative estimate of drug-likeness (QED) is 0.281. The second kappa shape index (κ2) is 8.19. The number of fused-ring (bicyclic) bond motifs is 5. The Morgan fingerprint density at radius 2 is 1.77 bits per heavy atom. The van der Waals surface area contributed by atoms with Gasteiger partial charge in [0, 0.05) is 11.8 Å². The number of allylic oxidation sites excluding steroid dienone is 1. The lowest BCUT2D eigenvalue weighted by atomic mass is 9.45. The Morgan fingerprint density at radius 1 is 1.00 bits per heavy atom. The van der Waals surface area contributed by atoms with Crippen molar-refractivity contribution in [2.75, 3.05) is 0 Å². The van der Waals surface area contributed by atoms with E-state index in [4.69, 9.17) is 4.89 Å². The molecule has 2 unspecified atom stereocenters. The molecule has 3 nitrogen and oxygen atoms in total. The largest absolute Gasteiger partial charge is 0.393 e. The monoisotopic (exact) mass is 418 g/mol. The van der Waals surface area contributed by atoms with Crippen molar-refractivity contribution in [1.82, 2.24) is 0 Å². The molecule has 0 aromatic carbocycles. The summed E-state index contributed by atoms with van der Waals surface area (Å²) >= 11 is 0. The molecule has 172 valence electrons. The molecule has 0 saturated heterocycles. The molecule has 3 heteroatoms. The predicted molar refractivity (Wildman–Crippen MR) is 122 cm³/mol. The number of hydrogen-bond acceptors (Lipinski definition) is 3. The van der Waals surface area contributed by atoms with Crippen LogP contribution in [0.3, 0.4) is 0 Å². The normalized spacial score (nSPS) is 48.9. The smallest absolute Gasteiger partial charge is 0.129 e. The van der Waals surface area contributed by atoms with Gasteiger partial charge in [0.1, 0.15) is 5.60 Å². The van der Waals surface area contributed by atoms with Crippen molar-refractivity contribution in [3.05, 3.63) is 12.2 Å². The Hall–Kier alpha value is -0.380. The third-order valence-electron chi connectivity index (χ3n) is 10.6. The van der Waals surface area contributed by atoms with Crippen molar-refractivity contribution in [3.63, 3.8) is 0 Å². The van der Waals surface area contributed by atoms with Crippen LogP contribution in [0.5, 0.6) is 0 Å². The highest BCUT2D eigenvalue weighted by molar-refractivity contribution is 5.25. The average Bonchev–Trinajstić information content (AvgIpc) is 3.05. The second-order valence-electron chi connectivity index (χ2n) is 12.5. The highest BCUT2D eigenvalue weighted by Gasteiger charge is 2.64. The molecule has 0 heterocycles. The van der Waals surface area contributed by atoms with Crippen LogP contribution in [0.4, 0.5) is 0 Å². The molecule has 9 atom stereocenters. The van der Waals surface area contributed by atoms with Crippen molar-refractivity contribution in [1.29, 1.82) is 0 Å². The first-order chi connectivity index (χ1) is 14.2. The van der Waals surface area contributed by atoms with Crippen molar-refractivity contribution < 1.29 is 15.3 Å². The third-order valence-corrected chi connectivity index (χ3v) is 10.6. The number of aliphatic hydroxyl groups excluding tert-OH is 1. The molecular formula is C27H46O3. The molecule has 0 bridgehead atoms. The Bertz CT molecular complexity index is 644. The van der Waals surface area contributed by atoms with Crippen molar-refractivity contribution in [3.8, 4) is 0 Å². The average molecular weight is 419 g/mol. The van der Waals surface area contributed by atoms with E-state index in [-0.39, 0.29) is 11.5 Å². The highest BCUT2D eigenvalue weighted by Crippen LogP contribution is 2.68. The van der Waals surface area contributed by atoms with Gasteiger partial charge in [0.25, 0.3) is 0 Å². The van der Waals surface area contributed by atoms with Crippen LogP contribution < -0.4 is 0 Å². The number of aliphatic hydroxyl groups is 1. The van der Waals surface area contributed by atoms with Crippen LogP contribution in [0.1, 0.15) is 98.8 Å². The van der Waals surface area contributed by atoms with Gasteiger partial charge in [-0.1, -0.05) is 66.0 Å². The maximum atomic E-state index is 10.3. The van der Waals surface area contributed by atoms with Gasteiger partial charge in [0.15, 0.2) is 0 Å². The number of hydrogen-bond donors (Lipinski definition) is 2. The SMILES string of the molecule is CC(C)CCC[C@@H](C)[C@H]1CC[C@H]2[C@@H]3C=CC4(OO)CC(O)CC[C@]4(C)[C@H]3CC[C@]12C. The summed E-state index contributed by atoms with van der Waals surface area (Å²) in [4.78, 5) is 5.22.